The number of carbonyl (C=O) groups is 2. The molecule has 3 rings (SSSR count). The van der Waals surface area contributed by atoms with Gasteiger partial charge < -0.3 is 13.9 Å². The van der Waals surface area contributed by atoms with Crippen molar-refractivity contribution in [1.82, 2.24) is 4.40 Å². The highest BCUT2D eigenvalue weighted by Gasteiger charge is 2.18. The van der Waals surface area contributed by atoms with Gasteiger partial charge in [0.05, 0.1) is 25.3 Å². The second kappa shape index (κ2) is 7.74. The lowest BCUT2D eigenvalue weighted by Gasteiger charge is -2.13. The van der Waals surface area contributed by atoms with Crippen LogP contribution < -0.4 is 4.74 Å². The van der Waals surface area contributed by atoms with Gasteiger partial charge in [0.2, 0.25) is 0 Å². The van der Waals surface area contributed by atoms with Gasteiger partial charge in [-0.15, -0.1) is 11.3 Å². The molecule has 0 saturated heterocycles. The number of ether oxygens (including phenoxy) is 2. The van der Waals surface area contributed by atoms with Crippen LogP contribution in [0.2, 0.25) is 0 Å². The molecule has 3 aromatic rings. The fourth-order valence-electron chi connectivity index (χ4n) is 2.81. The summed E-state index contributed by atoms with van der Waals surface area (Å²) in [5.41, 5.74) is 3.01. The highest BCUT2D eigenvalue weighted by molar-refractivity contribution is 7.15. The van der Waals surface area contributed by atoms with E-state index in [1.807, 2.05) is 47.0 Å². The monoisotopic (exact) mass is 371 g/mol. The molecule has 5 nitrogen and oxygen atoms in total. The summed E-state index contributed by atoms with van der Waals surface area (Å²) in [7, 11) is 1.36. The summed E-state index contributed by atoms with van der Waals surface area (Å²) >= 11 is 1.49. The normalized spacial score (nSPS) is 12.1. The molecule has 2 aromatic heterocycles. The van der Waals surface area contributed by atoms with Gasteiger partial charge in [-0.2, -0.15) is 0 Å². The number of aldehydes is 1. The van der Waals surface area contributed by atoms with E-state index in [4.69, 9.17) is 9.47 Å². The molecular weight excluding hydrogens is 350 g/mol. The molecule has 0 fully saturated rings. The van der Waals surface area contributed by atoms with Crippen molar-refractivity contribution in [3.63, 3.8) is 0 Å². The van der Waals surface area contributed by atoms with Gasteiger partial charge in [0.25, 0.3) is 0 Å². The van der Waals surface area contributed by atoms with Crippen LogP contribution in [-0.2, 0) is 16.0 Å². The number of hydrogen-bond acceptors (Lipinski definition) is 5. The minimum Gasteiger partial charge on any atom is -0.491 e. The molecule has 1 aromatic carbocycles. The number of fused-ring (bicyclic) bond motifs is 1. The second-order valence-electron chi connectivity index (χ2n) is 6.08. The molecule has 0 aliphatic carbocycles. The quantitative estimate of drug-likeness (QED) is 0.457. The standard InChI is InChI=1S/C20H21NO4S/c1-4-13(2)25-16-7-5-6-14(8-16)17-10-19-21(18(17)11-22)15(12-26-19)9-20(23)24-3/h5-8,10-13H,4,9H2,1-3H3. The summed E-state index contributed by atoms with van der Waals surface area (Å²) < 4.78 is 12.5. The third-order valence-corrected chi connectivity index (χ3v) is 5.26. The highest BCUT2D eigenvalue weighted by atomic mass is 32.1. The van der Waals surface area contributed by atoms with Gasteiger partial charge >= 0.3 is 5.97 Å². The zero-order chi connectivity index (χ0) is 18.7. The maximum atomic E-state index is 11.8. The third kappa shape index (κ3) is 3.51. The van der Waals surface area contributed by atoms with Gasteiger partial charge in [-0.1, -0.05) is 19.1 Å². The molecule has 0 aliphatic heterocycles. The Balaban J connectivity index is 2.04. The van der Waals surface area contributed by atoms with Crippen molar-refractivity contribution < 1.29 is 19.1 Å². The van der Waals surface area contributed by atoms with Crippen LogP contribution in [0.3, 0.4) is 0 Å². The molecule has 0 bridgehead atoms. The van der Waals surface area contributed by atoms with E-state index in [-0.39, 0.29) is 18.5 Å². The number of methoxy groups -OCH3 is 1. The van der Waals surface area contributed by atoms with Crippen LogP contribution in [0.4, 0.5) is 0 Å². The molecule has 26 heavy (non-hydrogen) atoms. The van der Waals surface area contributed by atoms with Crippen LogP contribution in [0.5, 0.6) is 5.75 Å². The van der Waals surface area contributed by atoms with E-state index >= 15 is 0 Å². The van der Waals surface area contributed by atoms with Crippen molar-refractivity contribution in [3.8, 4) is 16.9 Å². The predicted octanol–water partition coefficient (Wildman–Crippen LogP) is 4.37. The average molecular weight is 371 g/mol. The largest absolute Gasteiger partial charge is 0.491 e. The first-order chi connectivity index (χ1) is 12.6. The SMILES string of the molecule is CCC(C)Oc1cccc(-c2cc3scc(CC(=O)OC)n3c2C=O)c1. The maximum absolute atomic E-state index is 11.8. The van der Waals surface area contributed by atoms with Crippen LogP contribution in [0, 0.1) is 0 Å². The molecule has 1 atom stereocenters. The first kappa shape index (κ1) is 18.2. The molecule has 2 heterocycles. The molecule has 1 unspecified atom stereocenters. The van der Waals surface area contributed by atoms with E-state index < -0.39 is 0 Å². The summed E-state index contributed by atoms with van der Waals surface area (Å²) in [5.74, 6) is 0.443. The van der Waals surface area contributed by atoms with Crippen LogP contribution in [0.1, 0.15) is 36.5 Å². The van der Waals surface area contributed by atoms with Crippen molar-refractivity contribution >= 4 is 28.4 Å². The molecule has 0 amide bonds. The zero-order valence-electron chi connectivity index (χ0n) is 15.0. The van der Waals surface area contributed by atoms with E-state index in [0.717, 1.165) is 40.1 Å². The summed E-state index contributed by atoms with van der Waals surface area (Å²) in [6, 6.07) is 9.70. The Morgan fingerprint density at radius 2 is 2.15 bits per heavy atom. The number of nitrogens with zero attached hydrogens (tertiary/aromatic N) is 1. The van der Waals surface area contributed by atoms with Crippen LogP contribution in [-0.4, -0.2) is 29.9 Å². The zero-order valence-corrected chi connectivity index (χ0v) is 15.8. The lowest BCUT2D eigenvalue weighted by atomic mass is 10.1. The predicted molar refractivity (Wildman–Crippen MR) is 102 cm³/mol. The number of benzene rings is 1. The van der Waals surface area contributed by atoms with Crippen molar-refractivity contribution in [3.05, 3.63) is 47.1 Å². The van der Waals surface area contributed by atoms with Gasteiger partial charge in [0.1, 0.15) is 10.6 Å². The van der Waals surface area contributed by atoms with E-state index in [1.54, 1.807) is 0 Å². The molecule has 0 N–H and O–H groups in total. The van der Waals surface area contributed by atoms with Crippen molar-refractivity contribution in [2.75, 3.05) is 7.11 Å². The first-order valence-corrected chi connectivity index (χ1v) is 9.36. The van der Waals surface area contributed by atoms with Crippen molar-refractivity contribution in [2.24, 2.45) is 0 Å². The molecule has 6 heteroatoms. The van der Waals surface area contributed by atoms with Gasteiger partial charge in [0.15, 0.2) is 6.29 Å². The third-order valence-electron chi connectivity index (χ3n) is 4.33. The highest BCUT2D eigenvalue weighted by Crippen LogP contribution is 2.33. The van der Waals surface area contributed by atoms with Crippen molar-refractivity contribution in [2.45, 2.75) is 32.8 Å². The van der Waals surface area contributed by atoms with Crippen LogP contribution in [0.15, 0.2) is 35.7 Å². The number of aromatic nitrogens is 1. The molecular formula is C20H21NO4S. The van der Waals surface area contributed by atoms with Crippen LogP contribution >= 0.6 is 11.3 Å². The summed E-state index contributed by atoms with van der Waals surface area (Å²) in [5, 5.41) is 1.88. The molecule has 0 saturated carbocycles. The smallest absolute Gasteiger partial charge is 0.311 e. The number of hydrogen-bond donors (Lipinski definition) is 0. The average Bonchev–Trinajstić information content (AvgIpc) is 3.21. The molecule has 0 spiro atoms. The molecule has 0 radical (unpaired) electrons. The van der Waals surface area contributed by atoms with Crippen LogP contribution in [0.25, 0.3) is 16.0 Å². The fourth-order valence-corrected chi connectivity index (χ4v) is 3.76. The Bertz CT molecular complexity index is 941. The van der Waals surface area contributed by atoms with E-state index in [0.29, 0.717) is 5.69 Å². The summed E-state index contributed by atoms with van der Waals surface area (Å²) in [6.07, 6.45) is 2.00. The van der Waals surface area contributed by atoms with Gasteiger partial charge in [-0.25, -0.2) is 0 Å². The molecule has 0 aliphatic rings. The van der Waals surface area contributed by atoms with Gasteiger partial charge in [-0.05, 0) is 37.1 Å². The Morgan fingerprint density at radius 3 is 2.85 bits per heavy atom. The number of esters is 1. The van der Waals surface area contributed by atoms with Gasteiger partial charge in [-0.3, -0.25) is 9.59 Å². The van der Waals surface area contributed by atoms with E-state index in [1.165, 1.54) is 18.4 Å². The van der Waals surface area contributed by atoms with Crippen molar-refractivity contribution in [1.29, 1.82) is 0 Å². The number of rotatable bonds is 7. The Kier molecular flexibility index (Phi) is 5.42. The van der Waals surface area contributed by atoms with Gasteiger partial charge in [0, 0.05) is 16.6 Å². The first-order valence-electron chi connectivity index (χ1n) is 8.48. The lowest BCUT2D eigenvalue weighted by molar-refractivity contribution is -0.139. The minimum atomic E-state index is -0.333. The summed E-state index contributed by atoms with van der Waals surface area (Å²) in [4.78, 5) is 24.4. The second-order valence-corrected chi connectivity index (χ2v) is 6.97. The lowest BCUT2D eigenvalue weighted by Crippen LogP contribution is -2.09. The molecule has 136 valence electrons. The van der Waals surface area contributed by atoms with E-state index in [2.05, 4.69) is 6.92 Å². The minimum absolute atomic E-state index is 0.125. The fraction of sp³-hybridized carbons (Fsp3) is 0.300. The van der Waals surface area contributed by atoms with E-state index in [9.17, 15) is 9.59 Å². The Hall–Kier alpha value is -2.60. The number of carbonyl (C=O) groups excluding carboxylic acids is 2. The topological polar surface area (TPSA) is 57.0 Å². The maximum Gasteiger partial charge on any atom is 0.311 e. The Labute approximate surface area is 156 Å². The summed E-state index contributed by atoms with van der Waals surface area (Å²) in [6.45, 7) is 4.10. The number of thiazole rings is 1. The Morgan fingerprint density at radius 1 is 1.35 bits per heavy atom.